The topological polar surface area (TPSA) is 71.8 Å². The van der Waals surface area contributed by atoms with Gasteiger partial charge < -0.3 is 10.7 Å². The van der Waals surface area contributed by atoms with Gasteiger partial charge in [-0.25, -0.2) is 4.98 Å². The smallest absolute Gasteiger partial charge is 0.251 e. The molecule has 1 unspecified atom stereocenters. The summed E-state index contributed by atoms with van der Waals surface area (Å²) in [7, 11) is 0. The molecule has 1 aromatic heterocycles. The van der Waals surface area contributed by atoms with Crippen molar-refractivity contribution in [2.45, 2.75) is 33.1 Å². The molecule has 1 aromatic rings. The molecule has 0 aliphatic rings. The molecule has 3 N–H and O–H groups in total. The minimum absolute atomic E-state index is 0.0760. The molecule has 0 radical (unpaired) electrons. The maximum atomic E-state index is 11.4. The molecular formula is C11H19N3O. The Kier molecular flexibility index (Phi) is 4.03. The average Bonchev–Trinajstić information content (AvgIpc) is 2.16. The number of H-pyrrole nitrogens is 1. The van der Waals surface area contributed by atoms with E-state index in [-0.39, 0.29) is 11.5 Å². The van der Waals surface area contributed by atoms with Crippen molar-refractivity contribution in [3.05, 3.63) is 27.9 Å². The zero-order chi connectivity index (χ0) is 11.4. The second-order valence-electron chi connectivity index (χ2n) is 4.32. The summed E-state index contributed by atoms with van der Waals surface area (Å²) in [5.74, 6) is 1.35. The number of nitrogens with zero attached hydrogens (tertiary/aromatic N) is 1. The van der Waals surface area contributed by atoms with E-state index in [4.69, 9.17) is 5.73 Å². The molecule has 1 heterocycles. The minimum Gasteiger partial charge on any atom is -0.330 e. The molecule has 0 amide bonds. The number of nitrogens with one attached hydrogen (secondary N) is 1. The highest BCUT2D eigenvalue weighted by Gasteiger charge is 2.07. The van der Waals surface area contributed by atoms with Gasteiger partial charge in [0.2, 0.25) is 0 Å². The van der Waals surface area contributed by atoms with E-state index in [1.54, 1.807) is 6.07 Å². The Morgan fingerprint density at radius 2 is 2.13 bits per heavy atom. The molecule has 0 saturated heterocycles. The lowest BCUT2D eigenvalue weighted by molar-refractivity contribution is 0.578. The lowest BCUT2D eigenvalue weighted by atomic mass is 10.1. The summed E-state index contributed by atoms with van der Waals surface area (Å²) < 4.78 is 0. The SMILES string of the molecule is CC(CN)Cc1cc(=O)[nH]c(C(C)C)n1. The number of aromatic amines is 1. The van der Waals surface area contributed by atoms with Crippen LogP contribution in [0.3, 0.4) is 0 Å². The van der Waals surface area contributed by atoms with E-state index in [0.29, 0.717) is 12.5 Å². The van der Waals surface area contributed by atoms with Gasteiger partial charge in [-0.15, -0.1) is 0 Å². The first kappa shape index (κ1) is 11.9. The normalized spacial score (nSPS) is 13.1. The zero-order valence-corrected chi connectivity index (χ0v) is 9.58. The maximum Gasteiger partial charge on any atom is 0.251 e. The fourth-order valence-corrected chi connectivity index (χ4v) is 1.35. The molecule has 84 valence electrons. The summed E-state index contributed by atoms with van der Waals surface area (Å²) in [6.45, 7) is 6.69. The van der Waals surface area contributed by atoms with Crippen LogP contribution >= 0.6 is 0 Å². The lowest BCUT2D eigenvalue weighted by Gasteiger charge is -2.09. The molecule has 0 spiro atoms. The third kappa shape index (κ3) is 3.47. The van der Waals surface area contributed by atoms with Gasteiger partial charge in [0.05, 0.1) is 0 Å². The average molecular weight is 209 g/mol. The maximum absolute atomic E-state index is 11.4. The lowest BCUT2D eigenvalue weighted by Crippen LogP contribution is -2.18. The Bertz CT molecular complexity index is 370. The van der Waals surface area contributed by atoms with Crippen LogP contribution in [0.5, 0.6) is 0 Å². The van der Waals surface area contributed by atoms with Crippen molar-refractivity contribution in [3.8, 4) is 0 Å². The van der Waals surface area contributed by atoms with Gasteiger partial charge in [-0.1, -0.05) is 20.8 Å². The van der Waals surface area contributed by atoms with Gasteiger partial charge in [0.25, 0.3) is 5.56 Å². The molecule has 1 rings (SSSR count). The largest absolute Gasteiger partial charge is 0.330 e. The van der Waals surface area contributed by atoms with Gasteiger partial charge in [-0.05, 0) is 18.9 Å². The molecule has 4 nitrogen and oxygen atoms in total. The highest BCUT2D eigenvalue weighted by molar-refractivity contribution is 5.05. The fourth-order valence-electron chi connectivity index (χ4n) is 1.35. The molecule has 15 heavy (non-hydrogen) atoms. The van der Waals surface area contributed by atoms with E-state index >= 15 is 0 Å². The van der Waals surface area contributed by atoms with Gasteiger partial charge in [-0.3, -0.25) is 4.79 Å². The van der Waals surface area contributed by atoms with Crippen LogP contribution in [0.25, 0.3) is 0 Å². The van der Waals surface area contributed by atoms with E-state index in [2.05, 4.69) is 16.9 Å². The summed E-state index contributed by atoms with van der Waals surface area (Å²) in [6.07, 6.45) is 0.764. The van der Waals surface area contributed by atoms with Crippen LogP contribution < -0.4 is 11.3 Å². The monoisotopic (exact) mass is 209 g/mol. The first-order chi connectivity index (χ1) is 7.02. The summed E-state index contributed by atoms with van der Waals surface area (Å²) >= 11 is 0. The van der Waals surface area contributed by atoms with E-state index in [9.17, 15) is 4.79 Å². The Labute approximate surface area is 89.9 Å². The Hall–Kier alpha value is -1.16. The third-order valence-corrected chi connectivity index (χ3v) is 2.32. The molecule has 4 heteroatoms. The van der Waals surface area contributed by atoms with E-state index < -0.39 is 0 Å². The van der Waals surface area contributed by atoms with Crippen molar-refractivity contribution in [2.75, 3.05) is 6.54 Å². The first-order valence-electron chi connectivity index (χ1n) is 5.33. The Balaban J connectivity index is 2.94. The molecule has 1 atom stereocenters. The number of rotatable bonds is 4. The van der Waals surface area contributed by atoms with Crippen LogP contribution in [-0.4, -0.2) is 16.5 Å². The van der Waals surface area contributed by atoms with E-state index in [1.807, 2.05) is 13.8 Å². The van der Waals surface area contributed by atoms with Crippen molar-refractivity contribution in [1.82, 2.24) is 9.97 Å². The Morgan fingerprint density at radius 3 is 2.67 bits per heavy atom. The van der Waals surface area contributed by atoms with Gasteiger partial charge >= 0.3 is 0 Å². The zero-order valence-electron chi connectivity index (χ0n) is 9.58. The van der Waals surface area contributed by atoms with Crippen LogP contribution in [0, 0.1) is 5.92 Å². The number of hydrogen-bond acceptors (Lipinski definition) is 3. The fraction of sp³-hybridized carbons (Fsp3) is 0.636. The van der Waals surface area contributed by atoms with Gasteiger partial charge in [0, 0.05) is 17.7 Å². The number of hydrogen-bond donors (Lipinski definition) is 2. The summed E-state index contributed by atoms with van der Waals surface area (Å²) in [6, 6.07) is 1.55. The van der Waals surface area contributed by atoms with Crippen LogP contribution in [0.2, 0.25) is 0 Å². The molecule has 0 aliphatic heterocycles. The van der Waals surface area contributed by atoms with E-state index in [0.717, 1.165) is 17.9 Å². The number of aromatic nitrogens is 2. The molecule has 0 aliphatic carbocycles. The Morgan fingerprint density at radius 1 is 1.47 bits per heavy atom. The number of nitrogens with two attached hydrogens (primary N) is 1. The van der Waals surface area contributed by atoms with E-state index in [1.165, 1.54) is 0 Å². The van der Waals surface area contributed by atoms with Crippen molar-refractivity contribution >= 4 is 0 Å². The van der Waals surface area contributed by atoms with Crippen LogP contribution in [0.4, 0.5) is 0 Å². The van der Waals surface area contributed by atoms with Gasteiger partial charge in [0.15, 0.2) is 0 Å². The van der Waals surface area contributed by atoms with Crippen molar-refractivity contribution in [2.24, 2.45) is 11.7 Å². The van der Waals surface area contributed by atoms with Gasteiger partial charge in [-0.2, -0.15) is 0 Å². The second kappa shape index (κ2) is 5.07. The second-order valence-corrected chi connectivity index (χ2v) is 4.32. The van der Waals surface area contributed by atoms with Crippen molar-refractivity contribution in [1.29, 1.82) is 0 Å². The molecule has 0 aromatic carbocycles. The molecule has 0 saturated carbocycles. The summed E-state index contributed by atoms with van der Waals surface area (Å²) in [4.78, 5) is 18.5. The van der Waals surface area contributed by atoms with Crippen molar-refractivity contribution in [3.63, 3.8) is 0 Å². The first-order valence-corrected chi connectivity index (χ1v) is 5.33. The summed E-state index contributed by atoms with van der Waals surface area (Å²) in [5, 5.41) is 0. The van der Waals surface area contributed by atoms with Gasteiger partial charge in [0.1, 0.15) is 5.82 Å². The molecular weight excluding hydrogens is 190 g/mol. The van der Waals surface area contributed by atoms with Crippen LogP contribution in [0.15, 0.2) is 10.9 Å². The minimum atomic E-state index is -0.0760. The quantitative estimate of drug-likeness (QED) is 0.778. The van der Waals surface area contributed by atoms with Crippen molar-refractivity contribution < 1.29 is 0 Å². The van der Waals surface area contributed by atoms with Crippen LogP contribution in [0.1, 0.15) is 38.2 Å². The predicted octanol–water partition coefficient (Wildman–Crippen LogP) is 1.03. The predicted molar refractivity (Wildman–Crippen MR) is 60.9 cm³/mol. The molecule has 0 fully saturated rings. The van der Waals surface area contributed by atoms with Crippen LogP contribution in [-0.2, 0) is 6.42 Å². The third-order valence-electron chi connectivity index (χ3n) is 2.32. The highest BCUT2D eigenvalue weighted by Crippen LogP contribution is 2.09. The highest BCUT2D eigenvalue weighted by atomic mass is 16.1. The standard InChI is InChI=1S/C11H19N3O/c1-7(2)11-13-9(4-8(3)6-12)5-10(15)14-11/h5,7-8H,4,6,12H2,1-3H3,(H,13,14,15). The molecule has 0 bridgehead atoms. The summed E-state index contributed by atoms with van der Waals surface area (Å²) in [5.41, 5.74) is 6.30.